The second-order valence-corrected chi connectivity index (χ2v) is 7.49. The average Bonchev–Trinajstić information content (AvgIpc) is 3.07. The highest BCUT2D eigenvalue weighted by Crippen LogP contribution is 2.25. The molecule has 5 heteroatoms. The Morgan fingerprint density at radius 2 is 1.64 bits per heavy atom. The minimum Gasteiger partial charge on any atom is -0.338 e. The van der Waals surface area contributed by atoms with E-state index in [9.17, 15) is 4.79 Å². The summed E-state index contributed by atoms with van der Waals surface area (Å²) in [5.41, 5.74) is 7.42. The van der Waals surface area contributed by atoms with Crippen molar-refractivity contribution >= 4 is 34.2 Å². The van der Waals surface area contributed by atoms with E-state index in [4.69, 9.17) is 11.6 Å². The fraction of sp³-hybridized carbons (Fsp3) is 0.130. The number of hydrogen-bond donors (Lipinski definition) is 2. The van der Waals surface area contributed by atoms with Gasteiger partial charge in [0.15, 0.2) is 0 Å². The lowest BCUT2D eigenvalue weighted by atomic mass is 10.0. The highest BCUT2D eigenvalue weighted by molar-refractivity contribution is 6.31. The van der Waals surface area contributed by atoms with Crippen LogP contribution in [0.2, 0.25) is 5.02 Å². The Kier molecular flexibility index (Phi) is 4.65. The molecule has 0 unspecified atom stereocenters. The summed E-state index contributed by atoms with van der Waals surface area (Å²) in [6.45, 7) is 6.06. The number of nitrogens with one attached hydrogen (secondary N) is 2. The number of aromatic nitrogens is 2. The van der Waals surface area contributed by atoms with E-state index in [1.165, 1.54) is 5.56 Å². The number of aromatic amines is 1. The Morgan fingerprint density at radius 3 is 2.32 bits per heavy atom. The number of fused-ring (bicyclic) bond motifs is 1. The second kappa shape index (κ2) is 7.13. The summed E-state index contributed by atoms with van der Waals surface area (Å²) in [5, 5.41) is 3.70. The lowest BCUT2D eigenvalue weighted by molar-refractivity contribution is 0.102. The summed E-state index contributed by atoms with van der Waals surface area (Å²) in [6, 6.07) is 17.1. The molecule has 0 spiro atoms. The molecule has 4 aromatic rings. The van der Waals surface area contributed by atoms with Gasteiger partial charge in [0.1, 0.15) is 5.82 Å². The number of carbonyl (C=O) groups is 1. The van der Waals surface area contributed by atoms with Crippen molar-refractivity contribution in [3.63, 3.8) is 0 Å². The van der Waals surface area contributed by atoms with E-state index < -0.39 is 0 Å². The summed E-state index contributed by atoms with van der Waals surface area (Å²) in [6.07, 6.45) is 0. The number of carbonyl (C=O) groups excluding carboxylic acids is 1. The number of benzene rings is 3. The van der Waals surface area contributed by atoms with Crippen molar-refractivity contribution in [2.45, 2.75) is 20.8 Å². The van der Waals surface area contributed by atoms with E-state index in [-0.39, 0.29) is 5.91 Å². The molecule has 4 nitrogen and oxygen atoms in total. The molecule has 0 atom stereocenters. The summed E-state index contributed by atoms with van der Waals surface area (Å²) < 4.78 is 0. The number of anilines is 1. The van der Waals surface area contributed by atoms with Gasteiger partial charge < -0.3 is 10.3 Å². The fourth-order valence-corrected chi connectivity index (χ4v) is 3.63. The van der Waals surface area contributed by atoms with E-state index in [1.54, 1.807) is 0 Å². The Balaban J connectivity index is 1.58. The molecule has 4 rings (SSSR count). The first-order valence-corrected chi connectivity index (χ1v) is 9.43. The van der Waals surface area contributed by atoms with Gasteiger partial charge >= 0.3 is 0 Å². The van der Waals surface area contributed by atoms with Crippen molar-refractivity contribution < 1.29 is 4.79 Å². The third kappa shape index (κ3) is 3.51. The van der Waals surface area contributed by atoms with Crippen LogP contribution in [0.15, 0.2) is 54.6 Å². The molecule has 0 saturated carbocycles. The Bertz CT molecular complexity index is 1170. The smallest absolute Gasteiger partial charge is 0.255 e. The second-order valence-electron chi connectivity index (χ2n) is 7.05. The first-order chi connectivity index (χ1) is 13.4. The van der Waals surface area contributed by atoms with Gasteiger partial charge in [-0.15, -0.1) is 0 Å². The Hall–Kier alpha value is -3.11. The lowest BCUT2D eigenvalue weighted by Gasteiger charge is -2.13. The molecular formula is C23H20ClN3O. The van der Waals surface area contributed by atoms with Crippen LogP contribution in [-0.2, 0) is 0 Å². The van der Waals surface area contributed by atoms with Gasteiger partial charge in [-0.25, -0.2) is 4.98 Å². The number of H-pyrrole nitrogens is 1. The van der Waals surface area contributed by atoms with Crippen molar-refractivity contribution in [1.29, 1.82) is 0 Å². The summed E-state index contributed by atoms with van der Waals surface area (Å²) in [5.74, 6) is 0.618. The topological polar surface area (TPSA) is 57.8 Å². The SMILES string of the molecule is Cc1cc(C)c(NC(=O)c2ccc(-c3nc4ccc(Cl)cc4[nH]3)cc2)c(C)c1. The van der Waals surface area contributed by atoms with Gasteiger partial charge in [-0.1, -0.05) is 41.4 Å². The number of hydrogen-bond acceptors (Lipinski definition) is 2. The third-order valence-corrected chi connectivity index (χ3v) is 5.02. The molecule has 0 bridgehead atoms. The van der Waals surface area contributed by atoms with E-state index in [0.29, 0.717) is 10.6 Å². The molecule has 1 aromatic heterocycles. The molecule has 1 heterocycles. The van der Waals surface area contributed by atoms with Crippen molar-refractivity contribution in [3.8, 4) is 11.4 Å². The van der Waals surface area contributed by atoms with Gasteiger partial charge in [0.25, 0.3) is 5.91 Å². The zero-order valence-electron chi connectivity index (χ0n) is 15.9. The summed E-state index contributed by atoms with van der Waals surface area (Å²) in [7, 11) is 0. The van der Waals surface area contributed by atoms with E-state index in [1.807, 2.05) is 56.3 Å². The average molecular weight is 390 g/mol. The maximum atomic E-state index is 12.7. The molecule has 28 heavy (non-hydrogen) atoms. The largest absolute Gasteiger partial charge is 0.338 e. The predicted octanol–water partition coefficient (Wildman–Crippen LogP) is 6.06. The van der Waals surface area contributed by atoms with Crippen LogP contribution in [0, 0.1) is 20.8 Å². The van der Waals surface area contributed by atoms with Crippen LogP contribution >= 0.6 is 11.6 Å². The van der Waals surface area contributed by atoms with Crippen molar-refractivity contribution in [1.82, 2.24) is 9.97 Å². The molecular weight excluding hydrogens is 370 g/mol. The summed E-state index contributed by atoms with van der Waals surface area (Å²) in [4.78, 5) is 20.5. The van der Waals surface area contributed by atoms with Crippen LogP contribution in [-0.4, -0.2) is 15.9 Å². The molecule has 0 aliphatic carbocycles. The van der Waals surface area contributed by atoms with Gasteiger partial charge in [-0.3, -0.25) is 4.79 Å². The van der Waals surface area contributed by atoms with E-state index in [0.717, 1.165) is 39.2 Å². The highest BCUT2D eigenvalue weighted by Gasteiger charge is 2.12. The number of imidazole rings is 1. The van der Waals surface area contributed by atoms with Crippen molar-refractivity contribution in [2.24, 2.45) is 0 Å². The molecule has 1 amide bonds. The minimum atomic E-state index is -0.127. The molecule has 2 N–H and O–H groups in total. The third-order valence-electron chi connectivity index (χ3n) is 4.78. The van der Waals surface area contributed by atoms with Crippen LogP contribution in [0.1, 0.15) is 27.0 Å². The zero-order valence-corrected chi connectivity index (χ0v) is 16.7. The first-order valence-electron chi connectivity index (χ1n) is 9.05. The predicted molar refractivity (Wildman–Crippen MR) is 115 cm³/mol. The van der Waals surface area contributed by atoms with Crippen LogP contribution in [0.4, 0.5) is 5.69 Å². The Morgan fingerprint density at radius 1 is 0.964 bits per heavy atom. The molecule has 140 valence electrons. The fourth-order valence-electron chi connectivity index (χ4n) is 3.46. The van der Waals surface area contributed by atoms with Gasteiger partial charge in [-0.2, -0.15) is 0 Å². The van der Waals surface area contributed by atoms with Gasteiger partial charge in [0.2, 0.25) is 0 Å². The van der Waals surface area contributed by atoms with Crippen molar-refractivity contribution in [3.05, 3.63) is 81.9 Å². The van der Waals surface area contributed by atoms with Gasteiger partial charge in [0, 0.05) is 21.8 Å². The molecule has 0 radical (unpaired) electrons. The lowest BCUT2D eigenvalue weighted by Crippen LogP contribution is -2.13. The first kappa shape index (κ1) is 18.3. The number of halogens is 1. The zero-order chi connectivity index (χ0) is 19.8. The van der Waals surface area contributed by atoms with Crippen LogP contribution in [0.3, 0.4) is 0 Å². The normalized spacial score (nSPS) is 11.0. The van der Waals surface area contributed by atoms with E-state index in [2.05, 4.69) is 34.3 Å². The number of nitrogens with zero attached hydrogens (tertiary/aromatic N) is 1. The molecule has 0 aliphatic rings. The maximum absolute atomic E-state index is 12.7. The van der Waals surface area contributed by atoms with Crippen LogP contribution in [0.25, 0.3) is 22.4 Å². The van der Waals surface area contributed by atoms with Gasteiger partial charge in [0.05, 0.1) is 11.0 Å². The van der Waals surface area contributed by atoms with Crippen LogP contribution in [0.5, 0.6) is 0 Å². The molecule has 0 saturated heterocycles. The standard InChI is InChI=1S/C23H20ClN3O/c1-13-10-14(2)21(15(3)11-13)27-23(28)17-6-4-16(5-7-17)22-25-19-9-8-18(24)12-20(19)26-22/h4-12H,1-3H3,(H,25,26)(H,27,28). The minimum absolute atomic E-state index is 0.127. The summed E-state index contributed by atoms with van der Waals surface area (Å²) >= 11 is 6.03. The molecule has 0 aliphatic heterocycles. The number of aryl methyl sites for hydroxylation is 3. The van der Waals surface area contributed by atoms with Crippen LogP contribution < -0.4 is 5.32 Å². The number of amides is 1. The molecule has 0 fully saturated rings. The van der Waals surface area contributed by atoms with E-state index >= 15 is 0 Å². The highest BCUT2D eigenvalue weighted by atomic mass is 35.5. The maximum Gasteiger partial charge on any atom is 0.255 e. The quantitative estimate of drug-likeness (QED) is 0.447. The van der Waals surface area contributed by atoms with Crippen molar-refractivity contribution in [2.75, 3.05) is 5.32 Å². The number of rotatable bonds is 3. The molecule has 3 aromatic carbocycles. The Labute approximate surface area is 168 Å². The van der Waals surface area contributed by atoms with Gasteiger partial charge in [-0.05, 0) is 62.2 Å². The monoisotopic (exact) mass is 389 g/mol.